The number of fused-ring (bicyclic) bond motifs is 1. The van der Waals surface area contributed by atoms with E-state index in [0.29, 0.717) is 16.7 Å². The van der Waals surface area contributed by atoms with Crippen molar-refractivity contribution in [2.24, 2.45) is 0 Å². The molecule has 0 bridgehead atoms. The maximum absolute atomic E-state index is 12.3. The molecule has 0 aliphatic heterocycles. The summed E-state index contributed by atoms with van der Waals surface area (Å²) in [7, 11) is -3.70. The zero-order chi connectivity index (χ0) is 15.7. The predicted octanol–water partition coefficient (Wildman–Crippen LogP) is 0.433. The normalized spacial score (nSPS) is 11.9. The molecule has 1 aromatic carbocycles. The molecule has 9 heteroatoms. The minimum absolute atomic E-state index is 0.0390. The predicted molar refractivity (Wildman–Crippen MR) is 79.7 cm³/mol. The molecule has 114 valence electrons. The van der Waals surface area contributed by atoms with E-state index in [-0.39, 0.29) is 17.1 Å². The number of rotatable bonds is 4. The van der Waals surface area contributed by atoms with Crippen LogP contribution < -0.4 is 10.4 Å². The number of nitrogens with zero attached hydrogens (tertiary/aromatic N) is 2. The molecule has 0 unspecified atom stereocenters. The molecule has 0 saturated heterocycles. The van der Waals surface area contributed by atoms with Crippen molar-refractivity contribution < 1.29 is 8.42 Å². The Morgan fingerprint density at radius 1 is 1.09 bits per heavy atom. The summed E-state index contributed by atoms with van der Waals surface area (Å²) < 4.78 is 27.0. The number of aryl methyl sites for hydroxylation is 1. The van der Waals surface area contributed by atoms with Gasteiger partial charge in [0.1, 0.15) is 0 Å². The average Bonchev–Trinajstić information content (AvgIpc) is 2.86. The molecule has 8 nitrogen and oxygen atoms in total. The highest BCUT2D eigenvalue weighted by atomic mass is 32.2. The molecule has 3 rings (SSSR count). The van der Waals surface area contributed by atoms with Crippen LogP contribution in [0.5, 0.6) is 0 Å². The molecule has 3 aromatic rings. The van der Waals surface area contributed by atoms with Crippen LogP contribution in [-0.4, -0.2) is 28.6 Å². The quantitative estimate of drug-likeness (QED) is 0.644. The van der Waals surface area contributed by atoms with Gasteiger partial charge in [0.05, 0.1) is 33.9 Å². The number of nitrogens with one attached hydrogen (secondary N) is 3. The first kappa shape index (κ1) is 14.4. The maximum atomic E-state index is 12.3. The van der Waals surface area contributed by atoms with Gasteiger partial charge in [-0.25, -0.2) is 17.9 Å². The van der Waals surface area contributed by atoms with Gasteiger partial charge >= 0.3 is 5.69 Å². The molecule has 3 N–H and O–H groups in total. The highest BCUT2D eigenvalue weighted by molar-refractivity contribution is 7.89. The van der Waals surface area contributed by atoms with Crippen molar-refractivity contribution in [3.8, 4) is 0 Å². The Labute approximate surface area is 125 Å². The van der Waals surface area contributed by atoms with E-state index in [1.165, 1.54) is 18.2 Å². The van der Waals surface area contributed by atoms with Crippen LogP contribution in [0, 0.1) is 6.92 Å². The van der Waals surface area contributed by atoms with Gasteiger partial charge in [-0.05, 0) is 37.3 Å². The summed E-state index contributed by atoms with van der Waals surface area (Å²) in [6, 6.07) is 7.82. The molecule has 0 saturated carbocycles. The third kappa shape index (κ3) is 2.90. The lowest BCUT2D eigenvalue weighted by Crippen LogP contribution is -2.23. The fourth-order valence-electron chi connectivity index (χ4n) is 1.95. The second kappa shape index (κ2) is 5.35. The van der Waals surface area contributed by atoms with Gasteiger partial charge in [-0.15, -0.1) is 0 Å². The Morgan fingerprint density at radius 3 is 2.59 bits per heavy atom. The van der Waals surface area contributed by atoms with Gasteiger partial charge in [-0.2, -0.15) is 10.2 Å². The van der Waals surface area contributed by atoms with Gasteiger partial charge in [-0.3, -0.25) is 0 Å². The van der Waals surface area contributed by atoms with Gasteiger partial charge in [0.15, 0.2) is 0 Å². The molecular weight excluding hydrogens is 306 g/mol. The highest BCUT2D eigenvalue weighted by Gasteiger charge is 2.15. The monoisotopic (exact) mass is 319 g/mol. The van der Waals surface area contributed by atoms with Crippen LogP contribution in [0.3, 0.4) is 0 Å². The fourth-order valence-corrected chi connectivity index (χ4v) is 2.98. The lowest BCUT2D eigenvalue weighted by atomic mass is 10.3. The first-order valence-corrected chi connectivity index (χ1v) is 7.93. The summed E-state index contributed by atoms with van der Waals surface area (Å²) >= 11 is 0. The van der Waals surface area contributed by atoms with Gasteiger partial charge < -0.3 is 9.97 Å². The molecule has 22 heavy (non-hydrogen) atoms. The molecule has 0 atom stereocenters. The molecular formula is C13H13N5O3S. The van der Waals surface area contributed by atoms with Crippen molar-refractivity contribution in [1.82, 2.24) is 24.9 Å². The minimum atomic E-state index is -3.70. The zero-order valence-electron chi connectivity index (χ0n) is 11.6. The average molecular weight is 319 g/mol. The maximum Gasteiger partial charge on any atom is 0.323 e. The highest BCUT2D eigenvalue weighted by Crippen LogP contribution is 2.15. The van der Waals surface area contributed by atoms with Crippen LogP contribution in [-0.2, 0) is 16.6 Å². The summed E-state index contributed by atoms with van der Waals surface area (Å²) in [6.45, 7) is 1.84. The van der Waals surface area contributed by atoms with Gasteiger partial charge in [-0.1, -0.05) is 0 Å². The third-order valence-electron chi connectivity index (χ3n) is 3.09. The van der Waals surface area contributed by atoms with Crippen LogP contribution in [0.25, 0.3) is 11.0 Å². The van der Waals surface area contributed by atoms with Crippen LogP contribution in [0.4, 0.5) is 0 Å². The van der Waals surface area contributed by atoms with Crippen LogP contribution in [0.1, 0.15) is 11.4 Å². The molecule has 0 spiro atoms. The van der Waals surface area contributed by atoms with Crippen molar-refractivity contribution >= 4 is 21.1 Å². The van der Waals surface area contributed by atoms with Crippen LogP contribution in [0.2, 0.25) is 0 Å². The number of aromatic nitrogens is 4. The van der Waals surface area contributed by atoms with Crippen molar-refractivity contribution in [1.29, 1.82) is 0 Å². The number of sulfonamides is 1. The van der Waals surface area contributed by atoms with Gasteiger partial charge in [0.2, 0.25) is 10.0 Å². The molecule has 2 aromatic heterocycles. The Hall–Kier alpha value is -2.52. The van der Waals surface area contributed by atoms with Gasteiger partial charge in [0.25, 0.3) is 0 Å². The molecule has 0 fully saturated rings. The van der Waals surface area contributed by atoms with Crippen LogP contribution >= 0.6 is 0 Å². The molecule has 2 heterocycles. The molecule has 0 aliphatic carbocycles. The van der Waals surface area contributed by atoms with E-state index in [2.05, 4.69) is 24.9 Å². The van der Waals surface area contributed by atoms with E-state index >= 15 is 0 Å². The number of hydrogen-bond donors (Lipinski definition) is 3. The number of imidazole rings is 1. The number of aromatic amines is 2. The van der Waals surface area contributed by atoms with E-state index in [0.717, 1.165) is 5.69 Å². The standard InChI is InChI=1S/C13H13N5O3S/c1-8-2-3-9(18-17-8)7-14-22(20,21)10-4-5-11-12(6-10)16-13(19)15-11/h2-6,14H,7H2,1H3,(H2,15,16,19). The van der Waals surface area contributed by atoms with E-state index in [4.69, 9.17) is 0 Å². The summed E-state index contributed by atoms with van der Waals surface area (Å²) in [6.07, 6.45) is 0. The number of hydrogen-bond acceptors (Lipinski definition) is 5. The number of H-pyrrole nitrogens is 2. The summed E-state index contributed by atoms with van der Waals surface area (Å²) in [5.41, 5.74) is 1.88. The lowest BCUT2D eigenvalue weighted by molar-refractivity contribution is 0.580. The summed E-state index contributed by atoms with van der Waals surface area (Å²) in [5.74, 6) is 0. The molecule has 0 amide bonds. The summed E-state index contributed by atoms with van der Waals surface area (Å²) in [4.78, 5) is 16.3. The SMILES string of the molecule is Cc1ccc(CNS(=O)(=O)c2ccc3[nH]c(=O)[nH]c3c2)nn1. The zero-order valence-corrected chi connectivity index (χ0v) is 12.4. The minimum Gasteiger partial charge on any atom is -0.306 e. The second-order valence-electron chi connectivity index (χ2n) is 4.78. The van der Waals surface area contributed by atoms with Crippen molar-refractivity contribution in [2.75, 3.05) is 0 Å². The molecule has 0 radical (unpaired) electrons. The third-order valence-corrected chi connectivity index (χ3v) is 4.49. The smallest absolute Gasteiger partial charge is 0.306 e. The van der Waals surface area contributed by atoms with Crippen molar-refractivity contribution in [3.63, 3.8) is 0 Å². The second-order valence-corrected chi connectivity index (χ2v) is 6.54. The Kier molecular flexibility index (Phi) is 3.51. The van der Waals surface area contributed by atoms with Crippen LogP contribution in [0.15, 0.2) is 40.0 Å². The van der Waals surface area contributed by atoms with E-state index in [9.17, 15) is 13.2 Å². The largest absolute Gasteiger partial charge is 0.323 e. The summed E-state index contributed by atoms with van der Waals surface area (Å²) in [5, 5.41) is 7.77. The van der Waals surface area contributed by atoms with E-state index in [1.54, 1.807) is 19.1 Å². The Balaban J connectivity index is 1.84. The van der Waals surface area contributed by atoms with Crippen molar-refractivity contribution in [2.45, 2.75) is 18.4 Å². The first-order valence-electron chi connectivity index (χ1n) is 6.45. The molecule has 0 aliphatic rings. The Morgan fingerprint density at radius 2 is 1.86 bits per heavy atom. The lowest BCUT2D eigenvalue weighted by Gasteiger charge is -2.06. The Bertz CT molecular complexity index is 973. The van der Waals surface area contributed by atoms with Crippen molar-refractivity contribution in [3.05, 3.63) is 52.2 Å². The first-order chi connectivity index (χ1) is 10.4. The fraction of sp³-hybridized carbons (Fsp3) is 0.154. The topological polar surface area (TPSA) is 121 Å². The van der Waals surface area contributed by atoms with E-state index in [1.807, 2.05) is 0 Å². The van der Waals surface area contributed by atoms with Gasteiger partial charge in [0, 0.05) is 0 Å². The van der Waals surface area contributed by atoms with E-state index < -0.39 is 10.0 Å². The number of benzene rings is 1.